The zero-order valence-electron chi connectivity index (χ0n) is 13.3. The van der Waals surface area contributed by atoms with Crippen LogP contribution in [0.5, 0.6) is 0 Å². The normalized spacial score (nSPS) is 45.5. The molecule has 1 fully saturated rings. The van der Waals surface area contributed by atoms with Gasteiger partial charge in [-0.3, -0.25) is 0 Å². The number of fused-ring (bicyclic) bond motifs is 1. The van der Waals surface area contributed by atoms with E-state index in [4.69, 9.17) is 0 Å². The zero-order chi connectivity index (χ0) is 15.0. The summed E-state index contributed by atoms with van der Waals surface area (Å²) in [5.74, 6) is 0. The van der Waals surface area contributed by atoms with Gasteiger partial charge in [0, 0.05) is 16.2 Å². The van der Waals surface area contributed by atoms with Crippen molar-refractivity contribution < 1.29 is 0 Å². The summed E-state index contributed by atoms with van der Waals surface area (Å²) in [5, 5.41) is 0. The van der Waals surface area contributed by atoms with E-state index < -0.39 is 0 Å². The largest absolute Gasteiger partial charge is 0.0801 e. The molecule has 7 aliphatic carbocycles. The second-order valence-corrected chi connectivity index (χ2v) is 8.30. The molecular formula is C23H18. The Balaban J connectivity index is 1.68. The van der Waals surface area contributed by atoms with Gasteiger partial charge in [0.05, 0.1) is 0 Å². The summed E-state index contributed by atoms with van der Waals surface area (Å²) in [6.07, 6.45) is 25.8. The van der Waals surface area contributed by atoms with Crippen molar-refractivity contribution in [3.05, 3.63) is 93.7 Å². The van der Waals surface area contributed by atoms with E-state index in [2.05, 4.69) is 61.6 Å². The van der Waals surface area contributed by atoms with Gasteiger partial charge in [0.1, 0.15) is 0 Å². The highest BCUT2D eigenvalue weighted by atomic mass is 14.7. The van der Waals surface area contributed by atoms with Crippen LogP contribution >= 0.6 is 0 Å². The average molecular weight is 294 g/mol. The van der Waals surface area contributed by atoms with Crippen LogP contribution in [0.25, 0.3) is 0 Å². The van der Waals surface area contributed by atoms with E-state index in [-0.39, 0.29) is 16.2 Å². The SMILES string of the molecule is CC12C3=CCCC=C1C=C1C4=CC=C5C=C6C=CC(=C3)C12CC564. The van der Waals surface area contributed by atoms with E-state index in [0.29, 0.717) is 0 Å². The van der Waals surface area contributed by atoms with Crippen LogP contribution in [0.15, 0.2) is 93.7 Å². The minimum Gasteiger partial charge on any atom is -0.0801 e. The van der Waals surface area contributed by atoms with E-state index in [1.54, 1.807) is 39.0 Å². The Labute approximate surface area is 136 Å². The van der Waals surface area contributed by atoms with E-state index >= 15 is 0 Å². The van der Waals surface area contributed by atoms with E-state index in [1.807, 2.05) is 0 Å². The molecule has 0 aromatic carbocycles. The number of allylic oxidation sites excluding steroid dienone is 16. The summed E-state index contributed by atoms with van der Waals surface area (Å²) >= 11 is 0. The molecule has 0 nitrogen and oxygen atoms in total. The highest BCUT2D eigenvalue weighted by Crippen LogP contribution is 2.82. The Morgan fingerprint density at radius 2 is 1.48 bits per heavy atom. The molecule has 0 saturated heterocycles. The van der Waals surface area contributed by atoms with Crippen LogP contribution in [0.4, 0.5) is 0 Å². The van der Waals surface area contributed by atoms with Crippen LogP contribution in [0.3, 0.4) is 0 Å². The Hall–Kier alpha value is -2.08. The van der Waals surface area contributed by atoms with Crippen LogP contribution in [0.1, 0.15) is 26.2 Å². The molecule has 2 spiro atoms. The Bertz CT molecular complexity index is 997. The van der Waals surface area contributed by atoms with Gasteiger partial charge in [-0.05, 0) is 58.3 Å². The van der Waals surface area contributed by atoms with Gasteiger partial charge in [-0.15, -0.1) is 0 Å². The third-order valence-corrected chi connectivity index (χ3v) is 7.92. The van der Waals surface area contributed by atoms with E-state index in [0.717, 1.165) is 0 Å². The fraction of sp³-hybridized carbons (Fsp3) is 0.304. The van der Waals surface area contributed by atoms with Gasteiger partial charge in [-0.2, -0.15) is 0 Å². The lowest BCUT2D eigenvalue weighted by Gasteiger charge is -2.44. The topological polar surface area (TPSA) is 0 Å². The van der Waals surface area contributed by atoms with Crippen molar-refractivity contribution in [1.29, 1.82) is 0 Å². The van der Waals surface area contributed by atoms with Crippen molar-refractivity contribution in [2.24, 2.45) is 16.2 Å². The van der Waals surface area contributed by atoms with Crippen molar-refractivity contribution in [3.63, 3.8) is 0 Å². The molecule has 0 aromatic rings. The molecule has 1 saturated carbocycles. The fourth-order valence-corrected chi connectivity index (χ4v) is 6.81. The monoisotopic (exact) mass is 294 g/mol. The molecule has 0 heteroatoms. The first-order valence-corrected chi connectivity index (χ1v) is 8.90. The first kappa shape index (κ1) is 11.5. The molecular weight excluding hydrogens is 276 g/mol. The third-order valence-electron chi connectivity index (χ3n) is 7.92. The summed E-state index contributed by atoms with van der Waals surface area (Å²) in [5.41, 5.74) is 11.6. The van der Waals surface area contributed by atoms with E-state index in [9.17, 15) is 0 Å². The molecule has 0 heterocycles. The molecule has 2 bridgehead atoms. The van der Waals surface area contributed by atoms with Crippen LogP contribution in [-0.4, -0.2) is 0 Å². The smallest absolute Gasteiger partial charge is 0.0466 e. The summed E-state index contributed by atoms with van der Waals surface area (Å²) in [6, 6.07) is 0. The molecule has 110 valence electrons. The molecule has 0 N–H and O–H groups in total. The molecule has 0 radical (unpaired) electrons. The van der Waals surface area contributed by atoms with Gasteiger partial charge >= 0.3 is 0 Å². The van der Waals surface area contributed by atoms with Crippen molar-refractivity contribution in [3.8, 4) is 0 Å². The van der Waals surface area contributed by atoms with Gasteiger partial charge in [-0.25, -0.2) is 0 Å². The molecule has 7 aliphatic rings. The quantitative estimate of drug-likeness (QED) is 0.571. The van der Waals surface area contributed by atoms with Crippen LogP contribution in [0, 0.1) is 16.2 Å². The van der Waals surface area contributed by atoms with Gasteiger partial charge in [0.2, 0.25) is 0 Å². The zero-order valence-corrected chi connectivity index (χ0v) is 13.3. The van der Waals surface area contributed by atoms with Crippen molar-refractivity contribution >= 4 is 0 Å². The summed E-state index contributed by atoms with van der Waals surface area (Å²) in [7, 11) is 0. The number of rotatable bonds is 0. The number of hydrogen-bond acceptors (Lipinski definition) is 0. The lowest BCUT2D eigenvalue weighted by Crippen LogP contribution is -2.37. The highest BCUT2D eigenvalue weighted by molar-refractivity contribution is 5.82. The molecule has 0 amide bonds. The van der Waals surface area contributed by atoms with Crippen molar-refractivity contribution in [2.45, 2.75) is 26.2 Å². The second kappa shape index (κ2) is 2.98. The number of hydrogen-bond donors (Lipinski definition) is 0. The first-order chi connectivity index (χ1) is 11.2. The van der Waals surface area contributed by atoms with Crippen LogP contribution < -0.4 is 0 Å². The third kappa shape index (κ3) is 0.828. The predicted octanol–water partition coefficient (Wildman–Crippen LogP) is 5.27. The van der Waals surface area contributed by atoms with Crippen LogP contribution in [-0.2, 0) is 0 Å². The molecule has 7 rings (SSSR count). The fourth-order valence-electron chi connectivity index (χ4n) is 6.81. The molecule has 23 heavy (non-hydrogen) atoms. The Morgan fingerprint density at radius 1 is 0.739 bits per heavy atom. The minimum atomic E-state index is 0.161. The maximum absolute atomic E-state index is 2.57. The lowest BCUT2D eigenvalue weighted by molar-refractivity contribution is 0.241. The maximum Gasteiger partial charge on any atom is 0.0466 e. The Kier molecular flexibility index (Phi) is 1.48. The average Bonchev–Trinajstić information content (AvgIpc) is 3.04. The summed E-state index contributed by atoms with van der Waals surface area (Å²) in [6.45, 7) is 2.52. The predicted molar refractivity (Wildman–Crippen MR) is 92.5 cm³/mol. The second-order valence-electron chi connectivity index (χ2n) is 8.30. The van der Waals surface area contributed by atoms with Gasteiger partial charge in [0.15, 0.2) is 0 Å². The molecule has 3 atom stereocenters. The molecule has 3 unspecified atom stereocenters. The molecule has 0 aromatic heterocycles. The first-order valence-electron chi connectivity index (χ1n) is 8.90. The van der Waals surface area contributed by atoms with Crippen LogP contribution in [0.2, 0.25) is 0 Å². The lowest BCUT2D eigenvalue weighted by atomic mass is 9.57. The standard InChI is InChI=1S/C23H18/c1-21-14-4-2-3-5-15(21)12-20-19-9-8-17-11-16-6-7-18(10-14)23(20,21)13-22(16,17)19/h4-12H,2-3,13H2,1H3. The van der Waals surface area contributed by atoms with Gasteiger partial charge in [0.25, 0.3) is 0 Å². The van der Waals surface area contributed by atoms with E-state index in [1.165, 1.54) is 19.3 Å². The van der Waals surface area contributed by atoms with Crippen molar-refractivity contribution in [2.75, 3.05) is 0 Å². The summed E-state index contributed by atoms with van der Waals surface area (Å²) in [4.78, 5) is 0. The van der Waals surface area contributed by atoms with Crippen molar-refractivity contribution in [1.82, 2.24) is 0 Å². The minimum absolute atomic E-state index is 0.161. The van der Waals surface area contributed by atoms with Gasteiger partial charge < -0.3 is 0 Å². The van der Waals surface area contributed by atoms with Gasteiger partial charge in [-0.1, -0.05) is 61.6 Å². The maximum atomic E-state index is 2.57. The Morgan fingerprint density at radius 3 is 2.35 bits per heavy atom. The highest BCUT2D eigenvalue weighted by Gasteiger charge is 2.72. The molecule has 0 aliphatic heterocycles. The summed E-state index contributed by atoms with van der Waals surface area (Å²) < 4.78 is 0.